The molecule has 2 rings (SSSR count). The van der Waals surface area contributed by atoms with Gasteiger partial charge in [-0.25, -0.2) is 0 Å². The van der Waals surface area contributed by atoms with E-state index in [1.165, 1.54) is 10.5 Å². The van der Waals surface area contributed by atoms with Gasteiger partial charge in [-0.15, -0.1) is 11.8 Å². The average Bonchev–Trinajstić information content (AvgIpc) is 2.37. The molecule has 1 nitrogen and oxygen atoms in total. The van der Waals surface area contributed by atoms with Crippen LogP contribution in [0.5, 0.6) is 0 Å². The van der Waals surface area contributed by atoms with Crippen LogP contribution in [0, 0.1) is 0 Å². The first kappa shape index (κ1) is 12.5. The maximum absolute atomic E-state index is 3.46. The molecule has 2 aromatic carbocycles. The first-order chi connectivity index (χ1) is 8.28. The molecular formula is C14H14BrNS. The summed E-state index contributed by atoms with van der Waals surface area (Å²) in [6.45, 7) is 0.852. The molecule has 0 unspecified atom stereocenters. The molecule has 0 amide bonds. The molecule has 0 atom stereocenters. The van der Waals surface area contributed by atoms with Gasteiger partial charge >= 0.3 is 0 Å². The number of anilines is 1. The smallest absolute Gasteiger partial charge is 0.0400 e. The van der Waals surface area contributed by atoms with Crippen molar-refractivity contribution < 1.29 is 0 Å². The fourth-order valence-corrected chi connectivity index (χ4v) is 2.35. The van der Waals surface area contributed by atoms with Crippen LogP contribution in [0.15, 0.2) is 57.9 Å². The highest BCUT2D eigenvalue weighted by atomic mass is 79.9. The normalized spacial score (nSPS) is 10.2. The fraction of sp³-hybridized carbons (Fsp3) is 0.143. The molecule has 0 saturated heterocycles. The number of thioether (sulfide) groups is 1. The molecule has 0 heterocycles. The highest BCUT2D eigenvalue weighted by Gasteiger charge is 1.95. The predicted octanol–water partition coefficient (Wildman–Crippen LogP) is 4.78. The Balaban J connectivity index is 1.97. The zero-order chi connectivity index (χ0) is 12.1. The van der Waals surface area contributed by atoms with Crippen LogP contribution in [0.3, 0.4) is 0 Å². The summed E-state index contributed by atoms with van der Waals surface area (Å²) in [6, 6.07) is 16.8. The molecule has 88 valence electrons. The lowest BCUT2D eigenvalue weighted by molar-refractivity contribution is 1.14. The van der Waals surface area contributed by atoms with Gasteiger partial charge in [-0.05, 0) is 42.2 Å². The van der Waals surface area contributed by atoms with Gasteiger partial charge in [-0.3, -0.25) is 0 Å². The molecule has 0 bridgehead atoms. The van der Waals surface area contributed by atoms with E-state index in [1.807, 2.05) is 12.1 Å². The van der Waals surface area contributed by atoms with Crippen LogP contribution in [0.2, 0.25) is 0 Å². The Bertz CT molecular complexity index is 482. The molecule has 17 heavy (non-hydrogen) atoms. The van der Waals surface area contributed by atoms with E-state index in [0.717, 1.165) is 16.7 Å². The Hall–Kier alpha value is -0.930. The molecule has 0 spiro atoms. The Morgan fingerprint density at radius 1 is 1.12 bits per heavy atom. The Morgan fingerprint density at radius 2 is 1.88 bits per heavy atom. The molecule has 2 aromatic rings. The van der Waals surface area contributed by atoms with Gasteiger partial charge in [0.05, 0.1) is 0 Å². The van der Waals surface area contributed by atoms with Crippen molar-refractivity contribution in [3.8, 4) is 0 Å². The highest BCUT2D eigenvalue weighted by Crippen LogP contribution is 2.18. The summed E-state index contributed by atoms with van der Waals surface area (Å²) in [4.78, 5) is 1.30. The summed E-state index contributed by atoms with van der Waals surface area (Å²) in [5.74, 6) is 0. The minimum atomic E-state index is 0.852. The highest BCUT2D eigenvalue weighted by molar-refractivity contribution is 9.10. The summed E-state index contributed by atoms with van der Waals surface area (Å²) in [6.07, 6.45) is 2.09. The standard InChI is InChI=1S/C14H14BrNS/c1-17-14-7-5-11(6-8-14)10-16-13-4-2-3-12(15)9-13/h2-9,16H,10H2,1H3. The minimum absolute atomic E-state index is 0.852. The fourth-order valence-electron chi connectivity index (χ4n) is 1.55. The summed E-state index contributed by atoms with van der Waals surface area (Å²) in [5, 5.41) is 3.40. The lowest BCUT2D eigenvalue weighted by atomic mass is 10.2. The van der Waals surface area contributed by atoms with E-state index >= 15 is 0 Å². The van der Waals surface area contributed by atoms with Crippen LogP contribution in [0.25, 0.3) is 0 Å². The Morgan fingerprint density at radius 3 is 2.53 bits per heavy atom. The molecule has 3 heteroatoms. The largest absolute Gasteiger partial charge is 0.381 e. The Labute approximate surface area is 115 Å². The summed E-state index contributed by atoms with van der Waals surface area (Å²) < 4.78 is 1.10. The quantitative estimate of drug-likeness (QED) is 0.816. The zero-order valence-electron chi connectivity index (χ0n) is 9.61. The van der Waals surface area contributed by atoms with Crippen LogP contribution in [0.4, 0.5) is 5.69 Å². The van der Waals surface area contributed by atoms with Crippen LogP contribution in [0.1, 0.15) is 5.56 Å². The Kier molecular flexibility index (Phi) is 4.51. The van der Waals surface area contributed by atoms with E-state index in [4.69, 9.17) is 0 Å². The first-order valence-corrected chi connectivity index (χ1v) is 7.42. The molecule has 0 aliphatic heterocycles. The summed E-state index contributed by atoms with van der Waals surface area (Å²) in [7, 11) is 0. The van der Waals surface area contributed by atoms with Crippen LogP contribution in [-0.4, -0.2) is 6.26 Å². The van der Waals surface area contributed by atoms with Gasteiger partial charge in [0, 0.05) is 21.6 Å². The van der Waals surface area contributed by atoms with E-state index in [9.17, 15) is 0 Å². The van der Waals surface area contributed by atoms with Gasteiger partial charge < -0.3 is 5.32 Å². The van der Waals surface area contributed by atoms with E-state index in [1.54, 1.807) is 11.8 Å². The van der Waals surface area contributed by atoms with Crippen molar-refractivity contribution in [2.24, 2.45) is 0 Å². The number of hydrogen-bond donors (Lipinski definition) is 1. The second-order valence-electron chi connectivity index (χ2n) is 3.71. The second-order valence-corrected chi connectivity index (χ2v) is 5.51. The monoisotopic (exact) mass is 307 g/mol. The van der Waals surface area contributed by atoms with E-state index in [-0.39, 0.29) is 0 Å². The molecule has 0 fully saturated rings. The summed E-state index contributed by atoms with van der Waals surface area (Å²) in [5.41, 5.74) is 2.43. The third-order valence-electron chi connectivity index (χ3n) is 2.48. The first-order valence-electron chi connectivity index (χ1n) is 5.40. The van der Waals surface area contributed by atoms with Crippen molar-refractivity contribution in [1.29, 1.82) is 0 Å². The van der Waals surface area contributed by atoms with Gasteiger partial charge in [0.15, 0.2) is 0 Å². The van der Waals surface area contributed by atoms with E-state index in [0.29, 0.717) is 0 Å². The lowest BCUT2D eigenvalue weighted by Gasteiger charge is -2.07. The maximum atomic E-state index is 3.46. The topological polar surface area (TPSA) is 12.0 Å². The van der Waals surface area contributed by atoms with Crippen LogP contribution in [-0.2, 0) is 6.54 Å². The summed E-state index contributed by atoms with van der Waals surface area (Å²) >= 11 is 5.23. The van der Waals surface area contributed by atoms with Crippen molar-refractivity contribution in [1.82, 2.24) is 0 Å². The zero-order valence-corrected chi connectivity index (χ0v) is 12.0. The number of hydrogen-bond acceptors (Lipinski definition) is 2. The molecular weight excluding hydrogens is 294 g/mol. The van der Waals surface area contributed by atoms with Crippen molar-refractivity contribution in [2.75, 3.05) is 11.6 Å². The van der Waals surface area contributed by atoms with Crippen LogP contribution >= 0.6 is 27.7 Å². The third-order valence-corrected chi connectivity index (χ3v) is 3.72. The number of rotatable bonds is 4. The van der Waals surface area contributed by atoms with Crippen molar-refractivity contribution in [3.05, 3.63) is 58.6 Å². The van der Waals surface area contributed by atoms with Crippen molar-refractivity contribution in [3.63, 3.8) is 0 Å². The predicted molar refractivity (Wildman–Crippen MR) is 79.7 cm³/mol. The molecule has 0 radical (unpaired) electrons. The van der Waals surface area contributed by atoms with Crippen LogP contribution < -0.4 is 5.32 Å². The van der Waals surface area contributed by atoms with Crippen molar-refractivity contribution >= 4 is 33.4 Å². The number of benzene rings is 2. The van der Waals surface area contributed by atoms with Gasteiger partial charge in [-0.1, -0.05) is 34.1 Å². The maximum Gasteiger partial charge on any atom is 0.0400 e. The van der Waals surface area contributed by atoms with Gasteiger partial charge in [0.2, 0.25) is 0 Å². The molecule has 0 aliphatic carbocycles. The molecule has 0 aliphatic rings. The van der Waals surface area contributed by atoms with Gasteiger partial charge in [-0.2, -0.15) is 0 Å². The average molecular weight is 308 g/mol. The van der Waals surface area contributed by atoms with E-state index in [2.05, 4.69) is 63.9 Å². The number of halogens is 1. The molecule has 0 aromatic heterocycles. The second kappa shape index (κ2) is 6.12. The SMILES string of the molecule is CSc1ccc(CNc2cccc(Br)c2)cc1. The minimum Gasteiger partial charge on any atom is -0.381 e. The molecule has 1 N–H and O–H groups in total. The van der Waals surface area contributed by atoms with Gasteiger partial charge in [0.25, 0.3) is 0 Å². The third kappa shape index (κ3) is 3.79. The number of nitrogens with one attached hydrogen (secondary N) is 1. The van der Waals surface area contributed by atoms with E-state index < -0.39 is 0 Å². The van der Waals surface area contributed by atoms with Crippen molar-refractivity contribution in [2.45, 2.75) is 11.4 Å². The lowest BCUT2D eigenvalue weighted by Crippen LogP contribution is -1.98. The molecule has 0 saturated carbocycles. The van der Waals surface area contributed by atoms with Gasteiger partial charge in [0.1, 0.15) is 0 Å².